The molecule has 20 atom stereocenters. The lowest BCUT2D eigenvalue weighted by Crippen LogP contribution is -2.71. The first-order valence-electron chi connectivity index (χ1n) is 28.2. The van der Waals surface area contributed by atoms with E-state index in [1.807, 2.05) is 93.0 Å². The van der Waals surface area contributed by atoms with Crippen molar-refractivity contribution >= 4 is 41.3 Å². The van der Waals surface area contributed by atoms with Gasteiger partial charge in [-0.2, -0.15) is 0 Å². The molecule has 78 heavy (non-hydrogen) atoms. The van der Waals surface area contributed by atoms with Crippen LogP contribution in [0.15, 0.2) is 30.3 Å². The Morgan fingerprint density at radius 1 is 0.910 bits per heavy atom. The number of nitrogens with one attached hydrogen (secondary N) is 1. The van der Waals surface area contributed by atoms with Gasteiger partial charge in [-0.3, -0.25) is 19.2 Å². The van der Waals surface area contributed by atoms with Gasteiger partial charge in [-0.05, 0) is 114 Å². The molecule has 442 valence electrons. The number of cyclic esters (lactones) is 1. The monoisotopic (exact) mass is 1120 g/mol. The molecule has 5 heterocycles. The van der Waals surface area contributed by atoms with Crippen LogP contribution >= 0.6 is 11.8 Å². The minimum atomic E-state index is -1.71. The number of ketones is 1. The maximum Gasteiger partial charge on any atom is 0.330 e. The largest absolute Gasteiger partial charge is 0.459 e. The zero-order valence-electron chi connectivity index (χ0n) is 49.3. The predicted octanol–water partition coefficient (Wildman–Crippen LogP) is 4.87. The Bertz CT molecular complexity index is 2220. The Labute approximate surface area is 467 Å². The Morgan fingerprint density at radius 3 is 2.19 bits per heavy atom. The number of carbonyl (C=O) groups excluding carboxylic acids is 5. The number of aliphatic hydroxyl groups is 3. The van der Waals surface area contributed by atoms with Gasteiger partial charge < -0.3 is 68.5 Å². The number of Topliss-reactive ketones (excluding diaryl/α,β-unsaturated/α-hetero) is 1. The number of methoxy groups -OCH3 is 1. The number of nitrogens with zero attached hydrogens (tertiary/aromatic N) is 3. The van der Waals surface area contributed by atoms with E-state index in [1.165, 1.54) is 23.8 Å². The van der Waals surface area contributed by atoms with E-state index in [0.29, 0.717) is 13.0 Å². The first-order chi connectivity index (χ1) is 36.4. The molecule has 0 spiro atoms. The molecule has 0 aromatic heterocycles. The summed E-state index contributed by atoms with van der Waals surface area (Å²) in [7, 11) is 7.44. The lowest BCUT2D eigenvalue weighted by atomic mass is 9.75. The second-order valence-electron chi connectivity index (χ2n) is 24.8. The third kappa shape index (κ3) is 14.3. The van der Waals surface area contributed by atoms with Gasteiger partial charge in [0.1, 0.15) is 40.5 Å². The van der Waals surface area contributed by atoms with Crippen molar-refractivity contribution in [2.45, 2.75) is 235 Å². The van der Waals surface area contributed by atoms with Crippen molar-refractivity contribution < 1.29 is 72.5 Å². The van der Waals surface area contributed by atoms with Gasteiger partial charge in [-0.1, -0.05) is 51.1 Å². The number of aliphatic hydroxyl groups excluding tert-OH is 1. The Morgan fingerprint density at radius 2 is 1.58 bits per heavy atom. The highest BCUT2D eigenvalue weighted by Crippen LogP contribution is 2.52. The minimum Gasteiger partial charge on any atom is -0.459 e. The second-order valence-corrected chi connectivity index (χ2v) is 26.6. The van der Waals surface area contributed by atoms with Crippen molar-refractivity contribution in [3.63, 3.8) is 0 Å². The highest BCUT2D eigenvalue weighted by Gasteiger charge is 2.65. The lowest BCUT2D eigenvalue weighted by molar-refractivity contribution is -0.310. The molecule has 5 fully saturated rings. The van der Waals surface area contributed by atoms with E-state index in [2.05, 4.69) is 15.1 Å². The van der Waals surface area contributed by atoms with E-state index in [9.17, 15) is 39.3 Å². The van der Waals surface area contributed by atoms with Crippen LogP contribution in [0.3, 0.4) is 0 Å². The van der Waals surface area contributed by atoms with Crippen LogP contribution < -0.4 is 5.32 Å². The van der Waals surface area contributed by atoms with Crippen LogP contribution in [0.4, 0.5) is 0 Å². The number of hydrogen-bond donors (Lipinski definition) is 4. The summed E-state index contributed by atoms with van der Waals surface area (Å²) < 4.78 is 45.4. The molecule has 4 N–H and O–H groups in total. The molecule has 0 bridgehead atoms. The number of ether oxygens (including phenoxy) is 7. The van der Waals surface area contributed by atoms with E-state index in [4.69, 9.17) is 33.2 Å². The number of hydrogen-bond acceptors (Lipinski definition) is 18. The number of rotatable bonds is 16. The second kappa shape index (κ2) is 25.9. The maximum atomic E-state index is 14.9. The summed E-state index contributed by atoms with van der Waals surface area (Å²) in [5.41, 5.74) is -3.70. The van der Waals surface area contributed by atoms with Gasteiger partial charge >= 0.3 is 11.9 Å². The Balaban J connectivity index is 1.30. The first kappa shape index (κ1) is 63.9. The van der Waals surface area contributed by atoms with E-state index in [1.54, 1.807) is 41.5 Å². The smallest absolute Gasteiger partial charge is 0.330 e. The average molecular weight is 1120 g/mol. The molecule has 5 aliphatic rings. The van der Waals surface area contributed by atoms with Crippen molar-refractivity contribution in [2.24, 2.45) is 23.7 Å². The van der Waals surface area contributed by atoms with Gasteiger partial charge in [0.25, 0.3) is 0 Å². The maximum absolute atomic E-state index is 14.9. The summed E-state index contributed by atoms with van der Waals surface area (Å²) >= 11 is 1.43. The van der Waals surface area contributed by atoms with Crippen molar-refractivity contribution in [1.29, 1.82) is 0 Å². The van der Waals surface area contributed by atoms with Crippen LogP contribution in [0.2, 0.25) is 0 Å². The number of benzene rings is 1. The van der Waals surface area contributed by atoms with Crippen LogP contribution in [0.1, 0.15) is 134 Å². The summed E-state index contributed by atoms with van der Waals surface area (Å²) in [6.07, 6.45) is -5.29. The van der Waals surface area contributed by atoms with E-state index in [0.717, 1.165) is 12.0 Å². The molecule has 1 aromatic rings. The Kier molecular flexibility index (Phi) is 21.2. The zero-order valence-corrected chi connectivity index (χ0v) is 50.1. The molecule has 2 amide bonds. The standard InChI is InChI=1S/C58H94N4O15S/c1-17-42-58(12,70)41(28-40(64)23-24-63)36(6)61(15)31-32(2)29-56(10,69)49(76-44-27-39(60(13)14)25-33(3)72-44)34(4)47(35(5)53(67)74-42)75-45-30-57(11,71-16)50(37(7)73-45)77-54(68)48-55(8,9)78-52-46(51(66)62(48)52)59-43(65)26-38-21-19-18-20-22-38/h18-22,32-37,39,41-42,44-50,52,63,69-70H,17,23-31H2,1-16H3,(H,59,65)/t32-,33-,34+,35-,36-,37+,39+,41-,42-,44+,45+,46?,47+,48?,49-,50+,52?,56-,57-,58+/m1/s1. The summed E-state index contributed by atoms with van der Waals surface area (Å²) in [6, 6.07) is 7.17. The quantitative estimate of drug-likeness (QED) is 0.128. The third-order valence-corrected chi connectivity index (χ3v) is 19.2. The van der Waals surface area contributed by atoms with Crippen molar-refractivity contribution in [1.82, 2.24) is 20.0 Å². The van der Waals surface area contributed by atoms with E-state index < -0.39 is 118 Å². The fourth-order valence-electron chi connectivity index (χ4n) is 13.2. The van der Waals surface area contributed by atoms with Crippen molar-refractivity contribution in [3.8, 4) is 0 Å². The molecule has 6 rings (SSSR count). The molecule has 0 saturated carbocycles. The van der Waals surface area contributed by atoms with Gasteiger partial charge in [0, 0.05) is 74.6 Å². The fourth-order valence-corrected chi connectivity index (χ4v) is 14.8. The normalized spacial score (nSPS) is 41.0. The SMILES string of the molecule is CC[C@H]1OC(=O)[C@H](C)[C@@H](O[C@H]2C[C@@](C)(OC)[C@@H](OC(=O)C3N4C(=O)C(NC(=O)Cc5ccccc5)C4SC3(C)C)[C@H](C)O2)[C@H](C)[C@@H](O[C@H]2C[C@@H](N(C)C)C[C@@H](C)O2)[C@](C)(O)C[C@@H](C)CN(C)[C@H](C)[C@@H](CC(=O)CCO)[C@]1(C)O. The van der Waals surface area contributed by atoms with Crippen molar-refractivity contribution in [3.05, 3.63) is 35.9 Å². The molecule has 20 heteroatoms. The van der Waals surface area contributed by atoms with Gasteiger partial charge in [0.2, 0.25) is 11.8 Å². The van der Waals surface area contributed by atoms with Gasteiger partial charge in [-0.25, -0.2) is 4.79 Å². The highest BCUT2D eigenvalue weighted by atomic mass is 32.2. The number of esters is 2. The molecule has 1 aromatic carbocycles. The number of β-lactam (4-membered cyclic amide) rings is 1. The molecular formula is C58H94N4O15S. The highest BCUT2D eigenvalue weighted by molar-refractivity contribution is 8.01. The first-order valence-corrected chi connectivity index (χ1v) is 29.1. The average Bonchev–Trinajstić information content (AvgIpc) is 3.68. The summed E-state index contributed by atoms with van der Waals surface area (Å²) in [5.74, 6) is -4.99. The zero-order chi connectivity index (χ0) is 58.0. The van der Waals surface area contributed by atoms with Gasteiger partial charge in [-0.15, -0.1) is 11.8 Å². The molecule has 5 saturated heterocycles. The molecule has 0 aliphatic carbocycles. The number of thioether (sulfide) groups is 1. The fraction of sp³-hybridized carbons (Fsp3) is 0.810. The van der Waals surface area contributed by atoms with Crippen LogP contribution in [-0.2, 0) is 63.6 Å². The molecule has 19 nitrogen and oxygen atoms in total. The predicted molar refractivity (Wildman–Crippen MR) is 294 cm³/mol. The van der Waals surface area contributed by atoms with Gasteiger partial charge in [0.15, 0.2) is 18.7 Å². The van der Waals surface area contributed by atoms with E-state index in [-0.39, 0.29) is 80.8 Å². The molecule has 5 aliphatic heterocycles. The topological polar surface area (TPSA) is 232 Å². The molecular weight excluding hydrogens is 1020 g/mol. The van der Waals surface area contributed by atoms with Gasteiger partial charge in [0.05, 0.1) is 42.4 Å². The number of amides is 2. The lowest BCUT2D eigenvalue weighted by Gasteiger charge is -2.49. The van der Waals surface area contributed by atoms with Crippen molar-refractivity contribution in [2.75, 3.05) is 41.4 Å². The molecule has 3 unspecified atom stereocenters. The van der Waals surface area contributed by atoms with E-state index >= 15 is 0 Å². The third-order valence-electron chi connectivity index (χ3n) is 17.6. The van der Waals surface area contributed by atoms with Crippen LogP contribution in [0, 0.1) is 23.7 Å². The van der Waals surface area contributed by atoms with Crippen LogP contribution in [-0.4, -0.2) is 201 Å². The summed E-state index contributed by atoms with van der Waals surface area (Å²) in [5, 5.41) is 37.7. The molecule has 0 radical (unpaired) electrons. The number of carbonyl (C=O) groups is 5. The summed E-state index contributed by atoms with van der Waals surface area (Å²) in [6.45, 7) is 22.0. The van der Waals surface area contributed by atoms with Crippen LogP contribution in [0.25, 0.3) is 0 Å². The Hall–Kier alpha value is -3.28. The summed E-state index contributed by atoms with van der Waals surface area (Å²) in [4.78, 5) is 75.3. The minimum absolute atomic E-state index is 0.00710. The van der Waals surface area contributed by atoms with Crippen LogP contribution in [0.5, 0.6) is 0 Å². The number of fused-ring (bicyclic) bond motifs is 1.